The number of amides is 2. The number of halogens is 2. The predicted molar refractivity (Wildman–Crippen MR) is 103 cm³/mol. The van der Waals surface area contributed by atoms with Crippen molar-refractivity contribution in [3.05, 3.63) is 77.4 Å². The summed E-state index contributed by atoms with van der Waals surface area (Å²) in [6, 6.07) is 7.77. The van der Waals surface area contributed by atoms with E-state index in [0.717, 1.165) is 23.4 Å². The van der Waals surface area contributed by atoms with Crippen LogP contribution in [0.25, 0.3) is 0 Å². The van der Waals surface area contributed by atoms with E-state index in [-0.39, 0.29) is 17.1 Å². The minimum absolute atomic E-state index is 0.148. The number of nitrogens with zero attached hydrogens (tertiary/aromatic N) is 2. The third kappa shape index (κ3) is 3.81. The summed E-state index contributed by atoms with van der Waals surface area (Å²) in [6.07, 6.45) is 4.97. The SMILES string of the molecule is O=C1Nc2c(cc(F)c(C(=O)NCCc3cncnc3)c2F)Sc2ccccc21. The van der Waals surface area contributed by atoms with Gasteiger partial charge in [-0.2, -0.15) is 0 Å². The molecule has 4 rings (SSSR count). The molecule has 0 bridgehead atoms. The van der Waals surface area contributed by atoms with E-state index in [0.29, 0.717) is 16.9 Å². The van der Waals surface area contributed by atoms with Crippen molar-refractivity contribution in [3.8, 4) is 0 Å². The maximum atomic E-state index is 15.0. The van der Waals surface area contributed by atoms with E-state index < -0.39 is 29.0 Å². The van der Waals surface area contributed by atoms with Crippen molar-refractivity contribution in [2.45, 2.75) is 16.2 Å². The number of anilines is 1. The summed E-state index contributed by atoms with van der Waals surface area (Å²) in [4.78, 5) is 33.3. The molecule has 3 aromatic rings. The molecule has 1 aliphatic rings. The van der Waals surface area contributed by atoms with Gasteiger partial charge in [0.05, 0.1) is 11.3 Å². The van der Waals surface area contributed by atoms with Crippen LogP contribution in [0.5, 0.6) is 0 Å². The van der Waals surface area contributed by atoms with Gasteiger partial charge in [0.15, 0.2) is 5.82 Å². The third-order valence-corrected chi connectivity index (χ3v) is 5.43. The number of nitrogens with one attached hydrogen (secondary N) is 2. The van der Waals surface area contributed by atoms with Crippen molar-refractivity contribution in [1.29, 1.82) is 0 Å². The molecular weight excluding hydrogens is 398 g/mol. The van der Waals surface area contributed by atoms with Crippen LogP contribution in [0, 0.1) is 11.6 Å². The molecule has 0 radical (unpaired) electrons. The lowest BCUT2D eigenvalue weighted by Crippen LogP contribution is -2.28. The summed E-state index contributed by atoms with van der Waals surface area (Å²) < 4.78 is 29.6. The van der Waals surface area contributed by atoms with Crippen molar-refractivity contribution >= 4 is 29.3 Å². The van der Waals surface area contributed by atoms with Gasteiger partial charge in [0.25, 0.3) is 11.8 Å². The maximum Gasteiger partial charge on any atom is 0.257 e. The van der Waals surface area contributed by atoms with E-state index in [2.05, 4.69) is 20.6 Å². The van der Waals surface area contributed by atoms with Crippen LogP contribution < -0.4 is 10.6 Å². The molecule has 6 nitrogen and oxygen atoms in total. The highest BCUT2D eigenvalue weighted by Gasteiger charge is 2.28. The zero-order valence-corrected chi connectivity index (χ0v) is 15.7. The zero-order valence-electron chi connectivity index (χ0n) is 14.9. The first-order valence-electron chi connectivity index (χ1n) is 8.67. The minimum atomic E-state index is -1.10. The summed E-state index contributed by atoms with van der Waals surface area (Å²) in [6.45, 7) is 0.148. The second-order valence-corrected chi connectivity index (χ2v) is 7.31. The molecule has 0 aliphatic carbocycles. The van der Waals surface area contributed by atoms with Gasteiger partial charge in [-0.3, -0.25) is 9.59 Å². The summed E-state index contributed by atoms with van der Waals surface area (Å²) in [5, 5.41) is 4.94. The first kappa shape index (κ1) is 19.0. The van der Waals surface area contributed by atoms with Gasteiger partial charge in [0.2, 0.25) is 0 Å². The average molecular weight is 412 g/mol. The lowest BCUT2D eigenvalue weighted by molar-refractivity contribution is 0.0943. The molecule has 0 fully saturated rings. The summed E-state index contributed by atoms with van der Waals surface area (Å²) in [7, 11) is 0. The van der Waals surface area contributed by atoms with E-state index in [1.54, 1.807) is 36.7 Å². The molecule has 0 saturated heterocycles. The molecule has 1 aromatic heterocycles. The number of rotatable bonds is 4. The number of carbonyl (C=O) groups excluding carboxylic acids is 2. The molecule has 2 amide bonds. The van der Waals surface area contributed by atoms with Gasteiger partial charge in [-0.05, 0) is 30.2 Å². The topological polar surface area (TPSA) is 84.0 Å². The predicted octanol–water partition coefficient (Wildman–Crippen LogP) is 3.44. The minimum Gasteiger partial charge on any atom is -0.352 e. The number of benzene rings is 2. The maximum absolute atomic E-state index is 15.0. The van der Waals surface area contributed by atoms with Crippen LogP contribution in [-0.4, -0.2) is 28.3 Å². The summed E-state index contributed by atoms with van der Waals surface area (Å²) >= 11 is 1.06. The molecule has 2 heterocycles. The number of hydrogen-bond acceptors (Lipinski definition) is 5. The van der Waals surface area contributed by atoms with Crippen molar-refractivity contribution in [3.63, 3.8) is 0 Å². The van der Waals surface area contributed by atoms with Crippen molar-refractivity contribution in [2.75, 3.05) is 11.9 Å². The van der Waals surface area contributed by atoms with Crippen LogP contribution in [0.3, 0.4) is 0 Å². The molecule has 2 aromatic carbocycles. The highest BCUT2D eigenvalue weighted by Crippen LogP contribution is 2.41. The Morgan fingerprint density at radius 3 is 2.69 bits per heavy atom. The van der Waals surface area contributed by atoms with E-state index >= 15 is 4.39 Å². The average Bonchev–Trinajstić information content (AvgIpc) is 2.85. The molecule has 29 heavy (non-hydrogen) atoms. The number of carbonyl (C=O) groups is 2. The largest absolute Gasteiger partial charge is 0.352 e. The molecule has 0 saturated carbocycles. The second-order valence-electron chi connectivity index (χ2n) is 6.23. The molecular formula is C20H14F2N4O2S. The lowest BCUT2D eigenvalue weighted by Gasteiger charge is -2.13. The summed E-state index contributed by atoms with van der Waals surface area (Å²) in [5.74, 6) is -3.52. The van der Waals surface area contributed by atoms with Crippen LogP contribution >= 0.6 is 11.8 Å². The first-order valence-corrected chi connectivity index (χ1v) is 9.48. The van der Waals surface area contributed by atoms with E-state index in [1.165, 1.54) is 6.33 Å². The smallest absolute Gasteiger partial charge is 0.257 e. The van der Waals surface area contributed by atoms with Gasteiger partial charge < -0.3 is 10.6 Å². The van der Waals surface area contributed by atoms with Gasteiger partial charge in [-0.25, -0.2) is 18.7 Å². The highest BCUT2D eigenvalue weighted by atomic mass is 32.2. The fourth-order valence-electron chi connectivity index (χ4n) is 2.91. The van der Waals surface area contributed by atoms with E-state index in [4.69, 9.17) is 0 Å². The van der Waals surface area contributed by atoms with Crippen molar-refractivity contribution in [1.82, 2.24) is 15.3 Å². The Morgan fingerprint density at radius 1 is 1.14 bits per heavy atom. The van der Waals surface area contributed by atoms with Crippen LogP contribution in [-0.2, 0) is 6.42 Å². The summed E-state index contributed by atoms with van der Waals surface area (Å²) in [5.41, 5.74) is 0.181. The van der Waals surface area contributed by atoms with Gasteiger partial charge in [0.1, 0.15) is 17.7 Å². The normalized spacial score (nSPS) is 12.4. The molecule has 146 valence electrons. The fourth-order valence-corrected chi connectivity index (χ4v) is 3.97. The monoisotopic (exact) mass is 412 g/mol. The Labute approximate surface area is 168 Å². The van der Waals surface area contributed by atoms with Crippen molar-refractivity contribution in [2.24, 2.45) is 0 Å². The molecule has 0 spiro atoms. The second kappa shape index (κ2) is 7.96. The Hall–Kier alpha value is -3.33. The van der Waals surface area contributed by atoms with Crippen LogP contribution in [0.2, 0.25) is 0 Å². The van der Waals surface area contributed by atoms with E-state index in [1.807, 2.05) is 0 Å². The molecule has 2 N–H and O–H groups in total. The van der Waals surface area contributed by atoms with Crippen LogP contribution in [0.4, 0.5) is 14.5 Å². The van der Waals surface area contributed by atoms with Crippen LogP contribution in [0.1, 0.15) is 26.3 Å². The Bertz CT molecular complexity index is 1110. The van der Waals surface area contributed by atoms with Crippen LogP contribution in [0.15, 0.2) is 58.8 Å². The lowest BCUT2D eigenvalue weighted by atomic mass is 10.1. The Morgan fingerprint density at radius 2 is 1.90 bits per heavy atom. The Kier molecular flexibility index (Phi) is 5.22. The Balaban J connectivity index is 1.59. The standard InChI is InChI=1S/C20H14F2N4O2S/c21-13-7-15-18(26-19(27)12-3-1-2-4-14(12)29-15)17(22)16(13)20(28)25-6-5-11-8-23-10-24-9-11/h1-4,7-10H,5-6H2,(H,25,28)(H,26,27). The van der Waals surface area contributed by atoms with Gasteiger partial charge in [-0.15, -0.1) is 0 Å². The molecule has 0 unspecified atom stereocenters. The van der Waals surface area contributed by atoms with Gasteiger partial charge in [0, 0.05) is 28.7 Å². The van der Waals surface area contributed by atoms with Crippen molar-refractivity contribution < 1.29 is 18.4 Å². The highest BCUT2D eigenvalue weighted by molar-refractivity contribution is 7.99. The molecule has 1 aliphatic heterocycles. The number of aromatic nitrogens is 2. The zero-order chi connectivity index (χ0) is 20.4. The fraction of sp³-hybridized carbons (Fsp3) is 0.100. The van der Waals surface area contributed by atoms with Gasteiger partial charge >= 0.3 is 0 Å². The first-order chi connectivity index (χ1) is 14.0. The molecule has 0 atom stereocenters. The third-order valence-electron chi connectivity index (χ3n) is 4.31. The quantitative estimate of drug-likeness (QED) is 0.686. The van der Waals surface area contributed by atoms with Gasteiger partial charge in [-0.1, -0.05) is 23.9 Å². The number of fused-ring (bicyclic) bond motifs is 2. The van der Waals surface area contributed by atoms with E-state index in [9.17, 15) is 14.0 Å². The number of hydrogen-bond donors (Lipinski definition) is 2. The molecule has 9 heteroatoms.